The highest BCUT2D eigenvalue weighted by Crippen LogP contribution is 2.29. The molecular weight excluding hydrogens is 398 g/mol. The third kappa shape index (κ3) is 7.30. The lowest BCUT2D eigenvalue weighted by atomic mass is 10.1. The van der Waals surface area contributed by atoms with Crippen molar-refractivity contribution in [3.05, 3.63) is 29.3 Å². The molecule has 2 amide bonds. The van der Waals surface area contributed by atoms with Crippen molar-refractivity contribution < 1.29 is 23.8 Å². The van der Waals surface area contributed by atoms with E-state index in [1.807, 2.05) is 26.8 Å². The smallest absolute Gasteiger partial charge is 0.262 e. The number of hydrogen-bond donors (Lipinski definition) is 1. The summed E-state index contributed by atoms with van der Waals surface area (Å²) < 4.78 is 16.8. The van der Waals surface area contributed by atoms with Gasteiger partial charge in [0.25, 0.3) is 11.8 Å². The van der Waals surface area contributed by atoms with Crippen LogP contribution in [0.4, 0.5) is 0 Å². The number of amides is 2. The van der Waals surface area contributed by atoms with Crippen LogP contribution in [0.5, 0.6) is 11.5 Å². The van der Waals surface area contributed by atoms with Crippen molar-refractivity contribution in [1.82, 2.24) is 10.2 Å². The van der Waals surface area contributed by atoms with E-state index in [2.05, 4.69) is 5.32 Å². The highest BCUT2D eigenvalue weighted by Gasteiger charge is 2.18. The molecule has 0 saturated carbocycles. The first-order valence-corrected chi connectivity index (χ1v) is 10.7. The fourth-order valence-electron chi connectivity index (χ4n) is 3.23. The first kappa shape index (κ1) is 24.2. The van der Waals surface area contributed by atoms with Crippen molar-refractivity contribution in [2.75, 3.05) is 39.5 Å². The first-order chi connectivity index (χ1) is 15.0. The van der Waals surface area contributed by atoms with E-state index in [1.54, 1.807) is 23.1 Å². The van der Waals surface area contributed by atoms with Gasteiger partial charge in [0.1, 0.15) is 11.6 Å². The molecule has 168 valence electrons. The molecule has 1 saturated heterocycles. The summed E-state index contributed by atoms with van der Waals surface area (Å²) in [4.78, 5) is 26.2. The Kier molecular flexibility index (Phi) is 9.85. The van der Waals surface area contributed by atoms with Crippen molar-refractivity contribution in [2.45, 2.75) is 39.7 Å². The zero-order chi connectivity index (χ0) is 22.6. The van der Waals surface area contributed by atoms with Crippen LogP contribution in [-0.4, -0.2) is 62.3 Å². The Morgan fingerprint density at radius 1 is 1.26 bits per heavy atom. The number of ether oxygens (including phenoxy) is 3. The second-order valence-electron chi connectivity index (χ2n) is 7.01. The lowest BCUT2D eigenvalue weighted by molar-refractivity contribution is -0.133. The molecule has 1 atom stereocenters. The summed E-state index contributed by atoms with van der Waals surface area (Å²) in [5, 5.41) is 12.2. The number of carbonyl (C=O) groups is 2. The summed E-state index contributed by atoms with van der Waals surface area (Å²) in [5.74, 6) is 0.328. The number of benzene rings is 1. The van der Waals surface area contributed by atoms with Gasteiger partial charge in [-0.15, -0.1) is 0 Å². The van der Waals surface area contributed by atoms with Crippen molar-refractivity contribution in [3.8, 4) is 17.6 Å². The number of hydrogen-bond acceptors (Lipinski definition) is 6. The monoisotopic (exact) mass is 429 g/mol. The molecule has 0 aromatic heterocycles. The SMILES string of the molecule is CCOc1cc(/C=C(\C#N)C(=O)NC[C@@H]2CCCO2)ccc1OCC(=O)N(CC)CC. The predicted octanol–water partition coefficient (Wildman–Crippen LogP) is 2.53. The molecule has 0 spiro atoms. The van der Waals surface area contributed by atoms with Crippen LogP contribution in [-0.2, 0) is 14.3 Å². The van der Waals surface area contributed by atoms with Crippen molar-refractivity contribution in [3.63, 3.8) is 0 Å². The molecule has 0 unspecified atom stereocenters. The standard InChI is InChI=1S/C23H31N3O5/c1-4-26(5-2)22(27)16-31-20-10-9-17(13-21(20)29-6-3)12-18(14-24)23(28)25-15-19-8-7-11-30-19/h9-10,12-13,19H,4-8,11,15-16H2,1-3H3,(H,25,28)/b18-12+/t19-/m0/s1. The molecule has 1 aromatic carbocycles. The minimum atomic E-state index is -0.443. The van der Waals surface area contributed by atoms with E-state index in [-0.39, 0.29) is 24.2 Å². The molecule has 1 fully saturated rings. The van der Waals surface area contributed by atoms with Gasteiger partial charge in [0.2, 0.25) is 0 Å². The third-order valence-electron chi connectivity index (χ3n) is 4.93. The summed E-state index contributed by atoms with van der Waals surface area (Å²) in [6.45, 7) is 8.31. The Balaban J connectivity index is 2.09. The summed E-state index contributed by atoms with van der Waals surface area (Å²) in [6, 6.07) is 7.01. The molecule has 1 heterocycles. The Labute approximate surface area is 183 Å². The maximum absolute atomic E-state index is 12.4. The molecular formula is C23H31N3O5. The van der Waals surface area contributed by atoms with E-state index in [9.17, 15) is 14.9 Å². The number of likely N-dealkylation sites (N-methyl/N-ethyl adjacent to an activating group) is 1. The normalized spacial score (nSPS) is 15.8. The first-order valence-electron chi connectivity index (χ1n) is 10.7. The second-order valence-corrected chi connectivity index (χ2v) is 7.01. The molecule has 8 heteroatoms. The van der Waals surface area contributed by atoms with Gasteiger partial charge in [-0.1, -0.05) is 6.07 Å². The van der Waals surface area contributed by atoms with Crippen LogP contribution < -0.4 is 14.8 Å². The molecule has 8 nitrogen and oxygen atoms in total. The molecule has 0 aliphatic carbocycles. The van der Waals surface area contributed by atoms with Crippen molar-refractivity contribution >= 4 is 17.9 Å². The number of rotatable bonds is 11. The second kappa shape index (κ2) is 12.6. The van der Waals surface area contributed by atoms with E-state index < -0.39 is 5.91 Å². The summed E-state index contributed by atoms with van der Waals surface area (Å²) in [7, 11) is 0. The fourth-order valence-corrected chi connectivity index (χ4v) is 3.23. The lowest BCUT2D eigenvalue weighted by Gasteiger charge is -2.19. The Hall–Kier alpha value is -3.05. The van der Waals surface area contributed by atoms with Crippen molar-refractivity contribution in [2.24, 2.45) is 0 Å². The number of carbonyl (C=O) groups excluding carboxylic acids is 2. The van der Waals surface area contributed by atoms with Gasteiger partial charge in [-0.2, -0.15) is 5.26 Å². The topological polar surface area (TPSA) is 101 Å². The van der Waals surface area contributed by atoms with E-state index in [4.69, 9.17) is 14.2 Å². The average molecular weight is 430 g/mol. The predicted molar refractivity (Wildman–Crippen MR) is 117 cm³/mol. The zero-order valence-corrected chi connectivity index (χ0v) is 18.5. The minimum Gasteiger partial charge on any atom is -0.490 e. The molecule has 1 N–H and O–H groups in total. The Morgan fingerprint density at radius 3 is 2.65 bits per heavy atom. The minimum absolute atomic E-state index is 0.00364. The average Bonchev–Trinajstić information content (AvgIpc) is 3.30. The molecule has 2 rings (SSSR count). The molecule has 1 aromatic rings. The summed E-state index contributed by atoms with van der Waals surface area (Å²) in [6.07, 6.45) is 3.39. The number of nitriles is 1. The molecule has 0 bridgehead atoms. The van der Waals surface area contributed by atoms with Gasteiger partial charge < -0.3 is 24.4 Å². The van der Waals surface area contributed by atoms with Crippen molar-refractivity contribution in [1.29, 1.82) is 5.26 Å². The molecule has 1 aliphatic heterocycles. The van der Waals surface area contributed by atoms with Crippen LogP contribution in [0, 0.1) is 11.3 Å². The highest BCUT2D eigenvalue weighted by atomic mass is 16.5. The van der Waals surface area contributed by atoms with E-state index in [0.717, 1.165) is 12.8 Å². The third-order valence-corrected chi connectivity index (χ3v) is 4.93. The van der Waals surface area contributed by atoms with Crippen LogP contribution in [0.25, 0.3) is 6.08 Å². The van der Waals surface area contributed by atoms with Crippen LogP contribution >= 0.6 is 0 Å². The van der Waals surface area contributed by atoms with Gasteiger partial charge in [0.15, 0.2) is 18.1 Å². The van der Waals surface area contributed by atoms with Crippen LogP contribution in [0.3, 0.4) is 0 Å². The van der Waals surface area contributed by atoms with E-state index >= 15 is 0 Å². The Bertz CT molecular complexity index is 821. The molecule has 0 radical (unpaired) electrons. The largest absolute Gasteiger partial charge is 0.490 e. The summed E-state index contributed by atoms with van der Waals surface area (Å²) in [5.41, 5.74) is 0.612. The Morgan fingerprint density at radius 2 is 2.03 bits per heavy atom. The number of nitrogens with zero attached hydrogens (tertiary/aromatic N) is 2. The van der Waals surface area contributed by atoms with E-state index in [0.29, 0.717) is 49.9 Å². The van der Waals surface area contributed by atoms with Gasteiger partial charge in [0.05, 0.1) is 12.7 Å². The van der Waals surface area contributed by atoms with Crippen LogP contribution in [0.1, 0.15) is 39.2 Å². The van der Waals surface area contributed by atoms with Gasteiger partial charge in [-0.25, -0.2) is 0 Å². The van der Waals surface area contributed by atoms with Crippen LogP contribution in [0.2, 0.25) is 0 Å². The fraction of sp³-hybridized carbons (Fsp3) is 0.522. The molecule has 1 aliphatic rings. The van der Waals surface area contributed by atoms with Crippen LogP contribution in [0.15, 0.2) is 23.8 Å². The summed E-state index contributed by atoms with van der Waals surface area (Å²) >= 11 is 0. The van der Waals surface area contributed by atoms with E-state index in [1.165, 1.54) is 6.08 Å². The number of nitrogens with one attached hydrogen (secondary N) is 1. The zero-order valence-electron chi connectivity index (χ0n) is 18.5. The highest BCUT2D eigenvalue weighted by molar-refractivity contribution is 6.01. The quantitative estimate of drug-likeness (QED) is 0.429. The van der Waals surface area contributed by atoms with Gasteiger partial charge in [-0.3, -0.25) is 9.59 Å². The maximum atomic E-state index is 12.4. The lowest BCUT2D eigenvalue weighted by Crippen LogP contribution is -2.34. The molecule has 31 heavy (non-hydrogen) atoms. The van der Waals surface area contributed by atoms with Gasteiger partial charge in [0, 0.05) is 26.2 Å². The van der Waals surface area contributed by atoms with Gasteiger partial charge in [-0.05, 0) is 57.4 Å². The maximum Gasteiger partial charge on any atom is 0.262 e. The van der Waals surface area contributed by atoms with Gasteiger partial charge >= 0.3 is 0 Å².